The summed E-state index contributed by atoms with van der Waals surface area (Å²) in [5, 5.41) is 3.12. The van der Waals surface area contributed by atoms with Crippen molar-refractivity contribution < 1.29 is 22.7 Å². The molecule has 176 valence electrons. The molecule has 0 saturated carbocycles. The van der Waals surface area contributed by atoms with Crippen molar-refractivity contribution in [2.24, 2.45) is 0 Å². The van der Waals surface area contributed by atoms with E-state index in [1.54, 1.807) is 48.7 Å². The average Bonchev–Trinajstić information content (AvgIpc) is 3.14. The van der Waals surface area contributed by atoms with Gasteiger partial charge in [0.05, 0.1) is 17.3 Å². The molecule has 1 N–H and O–H groups in total. The summed E-state index contributed by atoms with van der Waals surface area (Å²) in [7, 11) is 0. The molecule has 4 rings (SSSR count). The third kappa shape index (κ3) is 5.79. The van der Waals surface area contributed by atoms with Crippen molar-refractivity contribution in [2.45, 2.75) is 19.8 Å². The fourth-order valence-electron chi connectivity index (χ4n) is 3.50. The van der Waals surface area contributed by atoms with Crippen molar-refractivity contribution in [3.8, 4) is 5.75 Å². The SMILES string of the molecule is CC1=CN(c2ccc(OC(F)(F)F)cc2)CN1Cc1ccnc(NC(=O)c2ccccc2Cl)c1. The van der Waals surface area contributed by atoms with Gasteiger partial charge < -0.3 is 19.9 Å². The molecular formula is C24H20ClF3N4O2. The Bertz CT molecular complexity index is 1220. The summed E-state index contributed by atoms with van der Waals surface area (Å²) in [5.74, 6) is -0.215. The van der Waals surface area contributed by atoms with E-state index in [-0.39, 0.29) is 11.7 Å². The summed E-state index contributed by atoms with van der Waals surface area (Å²) in [6, 6.07) is 16.1. The number of ether oxygens (including phenoxy) is 1. The maximum atomic E-state index is 12.5. The number of halogens is 4. The molecule has 34 heavy (non-hydrogen) atoms. The Balaban J connectivity index is 1.40. The summed E-state index contributed by atoms with van der Waals surface area (Å²) in [5.41, 5.74) is 3.00. The molecule has 0 unspecified atom stereocenters. The van der Waals surface area contributed by atoms with E-state index >= 15 is 0 Å². The van der Waals surface area contributed by atoms with Gasteiger partial charge in [-0.2, -0.15) is 0 Å². The van der Waals surface area contributed by atoms with E-state index in [9.17, 15) is 18.0 Å². The van der Waals surface area contributed by atoms with Crippen LogP contribution in [0.15, 0.2) is 78.8 Å². The molecule has 0 fully saturated rings. The number of allylic oxidation sites excluding steroid dienone is 1. The highest BCUT2D eigenvalue weighted by Crippen LogP contribution is 2.29. The lowest BCUT2D eigenvalue weighted by molar-refractivity contribution is -0.274. The number of rotatable bonds is 6. The molecule has 10 heteroatoms. The van der Waals surface area contributed by atoms with Gasteiger partial charge in [-0.25, -0.2) is 4.98 Å². The quantitative estimate of drug-likeness (QED) is 0.459. The van der Waals surface area contributed by atoms with Crippen LogP contribution in [0.2, 0.25) is 5.02 Å². The van der Waals surface area contributed by atoms with E-state index in [0.29, 0.717) is 29.6 Å². The Morgan fingerprint density at radius 2 is 1.88 bits per heavy atom. The predicted molar refractivity (Wildman–Crippen MR) is 123 cm³/mol. The van der Waals surface area contributed by atoms with Crippen LogP contribution in [0.5, 0.6) is 5.75 Å². The summed E-state index contributed by atoms with van der Waals surface area (Å²) >= 11 is 6.09. The average molecular weight is 489 g/mol. The van der Waals surface area contributed by atoms with E-state index < -0.39 is 6.36 Å². The van der Waals surface area contributed by atoms with Crippen LogP contribution in [0.25, 0.3) is 0 Å². The minimum absolute atomic E-state index is 0.267. The van der Waals surface area contributed by atoms with Crippen molar-refractivity contribution in [3.05, 3.63) is 94.9 Å². The van der Waals surface area contributed by atoms with Gasteiger partial charge in [-0.05, 0) is 61.0 Å². The first kappa shape index (κ1) is 23.4. The zero-order valence-electron chi connectivity index (χ0n) is 18.0. The number of nitrogens with zero attached hydrogens (tertiary/aromatic N) is 3. The summed E-state index contributed by atoms with van der Waals surface area (Å²) in [6.45, 7) is 3.00. The first-order chi connectivity index (χ1) is 16.2. The highest BCUT2D eigenvalue weighted by molar-refractivity contribution is 6.34. The van der Waals surface area contributed by atoms with Crippen LogP contribution < -0.4 is 15.0 Å². The molecule has 0 saturated heterocycles. The zero-order chi connectivity index (χ0) is 24.3. The number of carbonyl (C=O) groups is 1. The van der Waals surface area contributed by atoms with Crippen LogP contribution in [0.4, 0.5) is 24.7 Å². The highest BCUT2D eigenvalue weighted by Gasteiger charge is 2.31. The number of nitrogens with one attached hydrogen (secondary N) is 1. The van der Waals surface area contributed by atoms with Gasteiger partial charge in [0, 0.05) is 30.3 Å². The van der Waals surface area contributed by atoms with Gasteiger partial charge in [-0.3, -0.25) is 4.79 Å². The zero-order valence-corrected chi connectivity index (χ0v) is 18.8. The lowest BCUT2D eigenvalue weighted by atomic mass is 10.2. The molecule has 0 atom stereocenters. The molecule has 1 aromatic heterocycles. The van der Waals surface area contributed by atoms with Gasteiger partial charge in [0.1, 0.15) is 11.6 Å². The number of carbonyl (C=O) groups excluding carboxylic acids is 1. The number of pyridine rings is 1. The van der Waals surface area contributed by atoms with E-state index in [4.69, 9.17) is 11.6 Å². The molecule has 1 aliphatic rings. The van der Waals surface area contributed by atoms with Crippen molar-refractivity contribution in [1.82, 2.24) is 9.88 Å². The Labute approximate surface area is 199 Å². The minimum atomic E-state index is -4.72. The van der Waals surface area contributed by atoms with Gasteiger partial charge in [0.15, 0.2) is 0 Å². The van der Waals surface area contributed by atoms with Crippen LogP contribution in [0.1, 0.15) is 22.8 Å². The number of amides is 1. The highest BCUT2D eigenvalue weighted by atomic mass is 35.5. The Morgan fingerprint density at radius 3 is 2.59 bits per heavy atom. The van der Waals surface area contributed by atoms with Crippen molar-refractivity contribution >= 4 is 29.0 Å². The molecule has 0 radical (unpaired) electrons. The largest absolute Gasteiger partial charge is 0.573 e. The number of anilines is 2. The fourth-order valence-corrected chi connectivity index (χ4v) is 3.73. The monoisotopic (exact) mass is 488 g/mol. The topological polar surface area (TPSA) is 57.7 Å². The summed E-state index contributed by atoms with van der Waals surface area (Å²) < 4.78 is 41.0. The molecule has 3 aromatic rings. The minimum Gasteiger partial charge on any atom is -0.406 e. The third-order valence-corrected chi connectivity index (χ3v) is 5.45. The number of aromatic nitrogens is 1. The Morgan fingerprint density at radius 1 is 1.15 bits per heavy atom. The number of hydrogen-bond acceptors (Lipinski definition) is 5. The molecule has 2 heterocycles. The molecule has 6 nitrogen and oxygen atoms in total. The Kier molecular flexibility index (Phi) is 6.65. The first-order valence-electron chi connectivity index (χ1n) is 10.2. The number of alkyl halides is 3. The van der Waals surface area contributed by atoms with Crippen LogP contribution in [-0.2, 0) is 6.54 Å². The third-order valence-electron chi connectivity index (χ3n) is 5.12. The van der Waals surface area contributed by atoms with Gasteiger partial charge in [0.2, 0.25) is 0 Å². The molecule has 2 aromatic carbocycles. The fraction of sp³-hybridized carbons (Fsp3) is 0.167. The second-order valence-corrected chi connectivity index (χ2v) is 8.01. The smallest absolute Gasteiger partial charge is 0.406 e. The van der Waals surface area contributed by atoms with Gasteiger partial charge in [0.25, 0.3) is 5.91 Å². The van der Waals surface area contributed by atoms with Crippen molar-refractivity contribution in [1.29, 1.82) is 0 Å². The summed E-state index contributed by atoms with van der Waals surface area (Å²) in [6.07, 6.45) is -1.19. The second kappa shape index (κ2) is 9.64. The van der Waals surface area contributed by atoms with Gasteiger partial charge in [-0.15, -0.1) is 13.2 Å². The standard InChI is InChI=1S/C24H20ClF3N4O2/c1-16-13-32(18-6-8-19(9-7-18)34-24(26,27)28)15-31(16)14-17-10-11-29-22(12-17)30-23(33)20-4-2-3-5-21(20)25/h2-13H,14-15H2,1H3,(H,29,30,33). The van der Waals surface area contributed by atoms with E-state index in [1.165, 1.54) is 12.1 Å². The molecule has 0 aliphatic carbocycles. The van der Waals surface area contributed by atoms with Crippen LogP contribution in [-0.4, -0.2) is 28.8 Å². The Hall–Kier alpha value is -3.72. The van der Waals surface area contributed by atoms with Crippen molar-refractivity contribution in [2.75, 3.05) is 16.9 Å². The molecular weight excluding hydrogens is 469 g/mol. The van der Waals surface area contributed by atoms with Gasteiger partial charge in [-0.1, -0.05) is 23.7 Å². The van der Waals surface area contributed by atoms with Crippen molar-refractivity contribution in [3.63, 3.8) is 0 Å². The van der Waals surface area contributed by atoms with Crippen LogP contribution in [0.3, 0.4) is 0 Å². The second-order valence-electron chi connectivity index (χ2n) is 7.60. The molecule has 1 amide bonds. The van der Waals surface area contributed by atoms with Crippen LogP contribution in [0, 0.1) is 0 Å². The molecule has 1 aliphatic heterocycles. The maximum Gasteiger partial charge on any atom is 0.573 e. The van der Waals surface area contributed by atoms with Crippen LogP contribution >= 0.6 is 11.6 Å². The normalized spacial score (nSPS) is 13.6. The number of hydrogen-bond donors (Lipinski definition) is 1. The first-order valence-corrected chi connectivity index (χ1v) is 10.6. The predicted octanol–water partition coefficient (Wildman–Crippen LogP) is 6.03. The van der Waals surface area contributed by atoms with E-state index in [2.05, 4.69) is 19.9 Å². The van der Waals surface area contributed by atoms with Gasteiger partial charge >= 0.3 is 6.36 Å². The molecule has 0 bridgehead atoms. The molecule has 0 spiro atoms. The lowest BCUT2D eigenvalue weighted by Crippen LogP contribution is -2.26. The van der Waals surface area contributed by atoms with E-state index in [0.717, 1.165) is 16.9 Å². The lowest BCUT2D eigenvalue weighted by Gasteiger charge is -2.23. The maximum absolute atomic E-state index is 12.5. The number of benzene rings is 2. The summed E-state index contributed by atoms with van der Waals surface area (Å²) in [4.78, 5) is 20.7. The van der Waals surface area contributed by atoms with E-state index in [1.807, 2.05) is 24.1 Å².